The molecule has 116 valence electrons. The van der Waals surface area contributed by atoms with Crippen molar-refractivity contribution < 1.29 is 9.90 Å². The van der Waals surface area contributed by atoms with Gasteiger partial charge < -0.3 is 5.11 Å². The Bertz CT molecular complexity index is 284. The number of aliphatic carboxylic acids is 1. The minimum atomic E-state index is -0.643. The molecule has 1 aliphatic rings. The van der Waals surface area contributed by atoms with E-state index in [1.807, 2.05) is 0 Å². The van der Waals surface area contributed by atoms with Crippen LogP contribution in [0.1, 0.15) is 64.2 Å². The van der Waals surface area contributed by atoms with E-state index in [0.29, 0.717) is 6.54 Å². The van der Waals surface area contributed by atoms with Crippen LogP contribution in [0.2, 0.25) is 0 Å². The fraction of sp³-hybridized carbons (Fsp3) is 0.929. The lowest BCUT2D eigenvalue weighted by molar-refractivity contribution is -0.142. The lowest BCUT2D eigenvalue weighted by atomic mass is 9.95. The summed E-state index contributed by atoms with van der Waals surface area (Å²) in [6.07, 6.45) is 10.3. The van der Waals surface area contributed by atoms with Gasteiger partial charge in [-0.3, -0.25) is 4.79 Å². The van der Waals surface area contributed by atoms with Crippen LogP contribution in [0.25, 0.3) is 0 Å². The van der Waals surface area contributed by atoms with Crippen molar-refractivity contribution in [3.8, 4) is 0 Å². The van der Waals surface area contributed by atoms with Crippen molar-refractivity contribution in [2.24, 2.45) is 16.3 Å². The number of rotatable bonds is 1. The highest BCUT2D eigenvalue weighted by Gasteiger charge is 2.16. The van der Waals surface area contributed by atoms with Gasteiger partial charge in [0.05, 0.1) is 12.5 Å². The molecule has 6 heteroatoms. The molecule has 1 heterocycles. The van der Waals surface area contributed by atoms with Crippen LogP contribution in [-0.4, -0.2) is 24.2 Å². The fourth-order valence-corrected chi connectivity index (χ4v) is 2.45. The first-order chi connectivity index (χ1) is 9.80. The molecular weight excluding hydrogens is 256 g/mol. The van der Waals surface area contributed by atoms with Crippen LogP contribution < -0.4 is 11.0 Å². The highest BCUT2D eigenvalue weighted by Crippen LogP contribution is 2.18. The predicted molar refractivity (Wildman–Crippen MR) is 78.2 cm³/mol. The Kier molecular flexibility index (Phi) is 9.83. The number of carboxylic acid groups (broad SMARTS) is 1. The fourth-order valence-electron chi connectivity index (χ4n) is 2.45. The molecule has 0 radical (unpaired) electrons. The van der Waals surface area contributed by atoms with Gasteiger partial charge in [0.25, 0.3) is 0 Å². The molecule has 0 aliphatic carbocycles. The zero-order valence-corrected chi connectivity index (χ0v) is 12.3. The largest absolute Gasteiger partial charge is 0.481 e. The second kappa shape index (κ2) is 11.6. The summed E-state index contributed by atoms with van der Waals surface area (Å²) in [5.41, 5.74) is 5.73. The maximum Gasteiger partial charge on any atom is 0.306 e. The van der Waals surface area contributed by atoms with Crippen LogP contribution in [-0.2, 0) is 4.79 Å². The lowest BCUT2D eigenvalue weighted by Crippen LogP contribution is -2.27. The van der Waals surface area contributed by atoms with Crippen molar-refractivity contribution in [2.75, 3.05) is 13.1 Å². The normalized spacial score (nSPS) is 24.5. The summed E-state index contributed by atoms with van der Waals surface area (Å²) in [5, 5.41) is 17.0. The number of hydrazine groups is 1. The molecular formula is C14H28N4O2. The Morgan fingerprint density at radius 2 is 1.60 bits per heavy atom. The van der Waals surface area contributed by atoms with Gasteiger partial charge in [-0.15, -0.1) is 0 Å². The molecule has 0 bridgehead atoms. The highest BCUT2D eigenvalue weighted by molar-refractivity contribution is 5.69. The standard InChI is InChI=1S/C14H28N4O2/c19-14(20)13-9-5-3-1-2-4-7-11-15-17-18-16-12-8-6-10-13/h13H,1-12H2,(H,15,18)(H,16,17)(H,19,20). The van der Waals surface area contributed by atoms with Gasteiger partial charge in [-0.2, -0.15) is 5.11 Å². The third-order valence-electron chi connectivity index (χ3n) is 3.71. The number of nitrogens with one attached hydrogen (secondary N) is 2. The second-order valence-electron chi connectivity index (χ2n) is 5.44. The molecule has 3 N–H and O–H groups in total. The third-order valence-corrected chi connectivity index (χ3v) is 3.71. The van der Waals surface area contributed by atoms with Crippen molar-refractivity contribution in [3.63, 3.8) is 0 Å². The van der Waals surface area contributed by atoms with E-state index in [4.69, 9.17) is 0 Å². The van der Waals surface area contributed by atoms with Gasteiger partial charge in [0.2, 0.25) is 0 Å². The van der Waals surface area contributed by atoms with Gasteiger partial charge in [-0.25, -0.2) is 11.0 Å². The Balaban J connectivity index is 2.30. The monoisotopic (exact) mass is 284 g/mol. The Hall–Kier alpha value is -1.17. The van der Waals surface area contributed by atoms with E-state index < -0.39 is 5.97 Å². The van der Waals surface area contributed by atoms with Crippen LogP contribution >= 0.6 is 0 Å². The number of hydrogen-bond donors (Lipinski definition) is 3. The van der Waals surface area contributed by atoms with E-state index in [1.54, 1.807) is 0 Å². The molecule has 0 aromatic carbocycles. The van der Waals surface area contributed by atoms with Crippen molar-refractivity contribution in [2.45, 2.75) is 64.2 Å². The van der Waals surface area contributed by atoms with Crippen LogP contribution in [0.3, 0.4) is 0 Å². The first-order valence-electron chi connectivity index (χ1n) is 7.88. The highest BCUT2D eigenvalue weighted by atomic mass is 16.4. The summed E-state index contributed by atoms with van der Waals surface area (Å²) in [6, 6.07) is 0. The number of hydrogen-bond acceptors (Lipinski definition) is 5. The van der Waals surface area contributed by atoms with E-state index in [2.05, 4.69) is 21.3 Å². The van der Waals surface area contributed by atoms with Crippen molar-refractivity contribution in [3.05, 3.63) is 0 Å². The number of carboxylic acids is 1. The zero-order valence-electron chi connectivity index (χ0n) is 12.3. The Morgan fingerprint density at radius 3 is 2.35 bits per heavy atom. The van der Waals surface area contributed by atoms with Crippen molar-refractivity contribution in [1.29, 1.82) is 0 Å². The lowest BCUT2D eigenvalue weighted by Gasteiger charge is -2.11. The van der Waals surface area contributed by atoms with E-state index in [1.165, 1.54) is 19.3 Å². The summed E-state index contributed by atoms with van der Waals surface area (Å²) in [5.74, 6) is -0.821. The van der Waals surface area contributed by atoms with E-state index in [9.17, 15) is 9.90 Å². The average molecular weight is 284 g/mol. The number of nitrogens with zero attached hydrogens (tertiary/aromatic N) is 2. The quantitative estimate of drug-likeness (QED) is 0.690. The van der Waals surface area contributed by atoms with Crippen LogP contribution in [0.5, 0.6) is 0 Å². The van der Waals surface area contributed by atoms with Gasteiger partial charge in [0.15, 0.2) is 0 Å². The molecule has 0 amide bonds. The zero-order chi connectivity index (χ0) is 14.5. The smallest absolute Gasteiger partial charge is 0.306 e. The van der Waals surface area contributed by atoms with Gasteiger partial charge in [-0.05, 0) is 25.7 Å². The molecule has 0 aromatic heterocycles. The summed E-state index contributed by atoms with van der Waals surface area (Å²) < 4.78 is 0. The van der Waals surface area contributed by atoms with Gasteiger partial charge in [-0.1, -0.05) is 43.7 Å². The first-order valence-corrected chi connectivity index (χ1v) is 7.88. The van der Waals surface area contributed by atoms with Crippen LogP contribution in [0.4, 0.5) is 0 Å². The topological polar surface area (TPSA) is 86.1 Å². The van der Waals surface area contributed by atoms with Gasteiger partial charge in [0.1, 0.15) is 0 Å². The summed E-state index contributed by atoms with van der Waals surface area (Å²) >= 11 is 0. The van der Waals surface area contributed by atoms with E-state index >= 15 is 0 Å². The Morgan fingerprint density at radius 1 is 0.950 bits per heavy atom. The molecule has 0 aromatic rings. The van der Waals surface area contributed by atoms with Crippen molar-refractivity contribution >= 4 is 5.97 Å². The minimum Gasteiger partial charge on any atom is -0.481 e. The molecule has 20 heavy (non-hydrogen) atoms. The molecule has 0 saturated carbocycles. The maximum atomic E-state index is 11.2. The van der Waals surface area contributed by atoms with Gasteiger partial charge >= 0.3 is 5.97 Å². The van der Waals surface area contributed by atoms with E-state index in [0.717, 1.165) is 51.5 Å². The number of carbonyl (C=O) groups is 1. The molecule has 1 atom stereocenters. The first kappa shape index (κ1) is 16.9. The SMILES string of the molecule is O=C(O)C1CCCCCCCCNNN=NCCCC1. The van der Waals surface area contributed by atoms with Gasteiger partial charge in [0, 0.05) is 6.54 Å². The summed E-state index contributed by atoms with van der Waals surface area (Å²) in [6.45, 7) is 1.56. The summed E-state index contributed by atoms with van der Waals surface area (Å²) in [4.78, 5) is 11.2. The third kappa shape index (κ3) is 8.85. The molecule has 0 fully saturated rings. The van der Waals surface area contributed by atoms with Crippen LogP contribution in [0, 0.1) is 5.92 Å². The second-order valence-corrected chi connectivity index (χ2v) is 5.44. The van der Waals surface area contributed by atoms with Crippen molar-refractivity contribution in [1.82, 2.24) is 11.0 Å². The summed E-state index contributed by atoms with van der Waals surface area (Å²) in [7, 11) is 0. The maximum absolute atomic E-state index is 11.2. The Labute approximate surface area is 121 Å². The molecule has 0 spiro atoms. The minimum absolute atomic E-state index is 0.178. The predicted octanol–water partition coefficient (Wildman–Crippen LogP) is 3.06. The van der Waals surface area contributed by atoms with E-state index in [-0.39, 0.29) is 5.92 Å². The molecule has 6 nitrogen and oxygen atoms in total. The molecule has 1 unspecified atom stereocenters. The molecule has 1 rings (SSSR count). The average Bonchev–Trinajstić information content (AvgIpc) is 2.43. The molecule has 1 aliphatic heterocycles. The van der Waals surface area contributed by atoms with Crippen LogP contribution in [0.15, 0.2) is 10.3 Å². The molecule has 0 saturated heterocycles.